The molecule has 2 nitrogen and oxygen atoms in total. The van der Waals surface area contributed by atoms with Gasteiger partial charge in [-0.2, -0.15) is 0 Å². The minimum Gasteiger partial charge on any atom is -0.301 e. The molecule has 0 spiro atoms. The van der Waals surface area contributed by atoms with E-state index in [9.17, 15) is 0 Å². The molecule has 0 amide bonds. The van der Waals surface area contributed by atoms with Crippen molar-refractivity contribution in [1.29, 1.82) is 0 Å². The molecule has 1 unspecified atom stereocenters. The van der Waals surface area contributed by atoms with Gasteiger partial charge in [-0.3, -0.25) is 4.90 Å². The Labute approximate surface area is 137 Å². The highest BCUT2D eigenvalue weighted by Gasteiger charge is 2.22. The summed E-state index contributed by atoms with van der Waals surface area (Å²) >= 11 is 0. The van der Waals surface area contributed by atoms with Crippen molar-refractivity contribution in [2.45, 2.75) is 65.0 Å². The van der Waals surface area contributed by atoms with Crippen LogP contribution in [0.1, 0.15) is 57.9 Å². The Morgan fingerprint density at radius 2 is 1.68 bits per heavy atom. The molecule has 1 saturated heterocycles. The summed E-state index contributed by atoms with van der Waals surface area (Å²) in [5.74, 6) is 0. The van der Waals surface area contributed by atoms with E-state index in [-0.39, 0.29) is 0 Å². The number of hydrogen-bond acceptors (Lipinski definition) is 2. The molecule has 1 heterocycles. The smallest absolute Gasteiger partial charge is 0.0237 e. The topological polar surface area (TPSA) is 6.48 Å². The van der Waals surface area contributed by atoms with Crippen LogP contribution in [0.5, 0.6) is 0 Å². The molecule has 0 saturated carbocycles. The number of benzene rings is 1. The number of hydrogen-bond donors (Lipinski definition) is 0. The molecule has 1 aromatic rings. The van der Waals surface area contributed by atoms with E-state index >= 15 is 0 Å². The summed E-state index contributed by atoms with van der Waals surface area (Å²) in [6.07, 6.45) is 8.42. The molecule has 1 fully saturated rings. The molecule has 0 aliphatic carbocycles. The molecule has 2 rings (SSSR count). The van der Waals surface area contributed by atoms with Gasteiger partial charge in [-0.1, -0.05) is 69.4 Å². The Morgan fingerprint density at radius 3 is 2.41 bits per heavy atom. The third-order valence-corrected chi connectivity index (χ3v) is 4.91. The van der Waals surface area contributed by atoms with E-state index in [0.717, 1.165) is 6.54 Å². The lowest BCUT2D eigenvalue weighted by Gasteiger charge is -2.40. The van der Waals surface area contributed by atoms with Gasteiger partial charge in [-0.15, -0.1) is 0 Å². The highest BCUT2D eigenvalue weighted by molar-refractivity contribution is 5.14. The molecule has 124 valence electrons. The van der Waals surface area contributed by atoms with Crippen LogP contribution in [0.15, 0.2) is 30.3 Å². The fourth-order valence-corrected chi connectivity index (χ4v) is 3.44. The van der Waals surface area contributed by atoms with Gasteiger partial charge in [0.05, 0.1) is 0 Å². The third-order valence-electron chi connectivity index (χ3n) is 4.91. The Bertz CT molecular complexity index is 390. The zero-order valence-corrected chi connectivity index (χ0v) is 14.6. The second-order valence-electron chi connectivity index (χ2n) is 6.87. The average Bonchev–Trinajstić information content (AvgIpc) is 2.54. The zero-order valence-electron chi connectivity index (χ0n) is 14.6. The van der Waals surface area contributed by atoms with Crippen molar-refractivity contribution in [2.24, 2.45) is 0 Å². The molecule has 0 N–H and O–H groups in total. The highest BCUT2D eigenvalue weighted by Crippen LogP contribution is 2.15. The predicted octanol–water partition coefficient (Wildman–Crippen LogP) is 4.55. The summed E-state index contributed by atoms with van der Waals surface area (Å²) in [5, 5.41) is 0. The molecule has 22 heavy (non-hydrogen) atoms. The van der Waals surface area contributed by atoms with Crippen molar-refractivity contribution >= 4 is 0 Å². The maximum atomic E-state index is 2.67. The quantitative estimate of drug-likeness (QED) is 0.617. The van der Waals surface area contributed by atoms with Gasteiger partial charge in [0.2, 0.25) is 0 Å². The molecule has 1 atom stereocenters. The normalized spacial score (nSPS) is 20.4. The maximum absolute atomic E-state index is 2.67. The summed E-state index contributed by atoms with van der Waals surface area (Å²) in [6, 6.07) is 11.6. The second-order valence-corrected chi connectivity index (χ2v) is 6.87. The molecule has 2 heteroatoms. The van der Waals surface area contributed by atoms with Gasteiger partial charge in [0, 0.05) is 32.2 Å². The fourth-order valence-electron chi connectivity index (χ4n) is 3.44. The maximum Gasteiger partial charge on any atom is 0.0237 e. The first kappa shape index (κ1) is 17.5. The summed E-state index contributed by atoms with van der Waals surface area (Å²) in [7, 11) is 0. The van der Waals surface area contributed by atoms with Crippen molar-refractivity contribution in [1.82, 2.24) is 9.80 Å². The van der Waals surface area contributed by atoms with E-state index in [1.165, 1.54) is 70.3 Å². The van der Waals surface area contributed by atoms with E-state index in [2.05, 4.69) is 54.0 Å². The first-order valence-electron chi connectivity index (χ1n) is 9.30. The summed E-state index contributed by atoms with van der Waals surface area (Å²) in [5.41, 5.74) is 1.44. The molecular weight excluding hydrogens is 268 g/mol. The van der Waals surface area contributed by atoms with E-state index < -0.39 is 0 Å². The van der Waals surface area contributed by atoms with Crippen molar-refractivity contribution < 1.29 is 0 Å². The molecule has 0 bridgehead atoms. The largest absolute Gasteiger partial charge is 0.301 e. The van der Waals surface area contributed by atoms with Gasteiger partial charge in [-0.25, -0.2) is 0 Å². The number of nitrogens with zero attached hydrogens (tertiary/aromatic N) is 2. The van der Waals surface area contributed by atoms with Gasteiger partial charge in [0.1, 0.15) is 0 Å². The van der Waals surface area contributed by atoms with Crippen LogP contribution in [0, 0.1) is 0 Å². The minimum atomic E-state index is 0.675. The summed E-state index contributed by atoms with van der Waals surface area (Å²) < 4.78 is 0. The van der Waals surface area contributed by atoms with Crippen molar-refractivity contribution in [3.05, 3.63) is 35.9 Å². The molecular formula is C20H34N2. The molecule has 1 aliphatic rings. The Morgan fingerprint density at radius 1 is 0.955 bits per heavy atom. The number of unbranched alkanes of at least 4 members (excludes halogenated alkanes) is 5. The van der Waals surface area contributed by atoms with Crippen molar-refractivity contribution in [3.63, 3.8) is 0 Å². The zero-order chi connectivity index (χ0) is 15.6. The van der Waals surface area contributed by atoms with Gasteiger partial charge < -0.3 is 4.90 Å². The van der Waals surface area contributed by atoms with Gasteiger partial charge in [0.15, 0.2) is 0 Å². The molecule has 0 aromatic heterocycles. The highest BCUT2D eigenvalue weighted by atomic mass is 15.3. The van der Waals surface area contributed by atoms with Crippen molar-refractivity contribution in [2.75, 3.05) is 26.2 Å². The van der Waals surface area contributed by atoms with E-state index in [1.54, 1.807) is 0 Å². The Balaban J connectivity index is 1.62. The monoisotopic (exact) mass is 302 g/mol. The van der Waals surface area contributed by atoms with Crippen molar-refractivity contribution in [3.8, 4) is 0 Å². The second kappa shape index (κ2) is 10.0. The van der Waals surface area contributed by atoms with E-state index in [0.29, 0.717) is 6.04 Å². The van der Waals surface area contributed by atoms with Crippen LogP contribution >= 0.6 is 0 Å². The summed E-state index contributed by atoms with van der Waals surface area (Å²) in [6.45, 7) is 10.8. The van der Waals surface area contributed by atoms with Crippen LogP contribution in [0.4, 0.5) is 0 Å². The summed E-state index contributed by atoms with van der Waals surface area (Å²) in [4.78, 5) is 5.30. The lowest BCUT2D eigenvalue weighted by Crippen LogP contribution is -2.51. The van der Waals surface area contributed by atoms with Crippen LogP contribution < -0.4 is 0 Å². The van der Waals surface area contributed by atoms with Gasteiger partial charge >= 0.3 is 0 Å². The number of piperazine rings is 1. The van der Waals surface area contributed by atoms with Crippen LogP contribution in [-0.2, 0) is 6.54 Å². The average molecular weight is 303 g/mol. The SMILES string of the molecule is CCCCCCCCN1CCN(Cc2ccccc2)C(C)C1. The van der Waals surface area contributed by atoms with Crippen LogP contribution in [0.25, 0.3) is 0 Å². The lowest BCUT2D eigenvalue weighted by molar-refractivity contribution is 0.0766. The first-order valence-corrected chi connectivity index (χ1v) is 9.30. The van der Waals surface area contributed by atoms with Gasteiger partial charge in [0.25, 0.3) is 0 Å². The first-order chi connectivity index (χ1) is 10.8. The third kappa shape index (κ3) is 6.10. The lowest BCUT2D eigenvalue weighted by atomic mass is 10.1. The van der Waals surface area contributed by atoms with E-state index in [4.69, 9.17) is 0 Å². The Kier molecular flexibility index (Phi) is 7.96. The minimum absolute atomic E-state index is 0.675. The molecule has 1 aliphatic heterocycles. The van der Waals surface area contributed by atoms with E-state index in [1.807, 2.05) is 0 Å². The standard InChI is InChI=1S/C20H34N2/c1-3-4-5-6-7-11-14-21-15-16-22(19(2)17-21)18-20-12-9-8-10-13-20/h8-10,12-13,19H,3-7,11,14-18H2,1-2H3. The predicted molar refractivity (Wildman–Crippen MR) is 96.1 cm³/mol. The van der Waals surface area contributed by atoms with Gasteiger partial charge in [-0.05, 0) is 25.5 Å². The van der Waals surface area contributed by atoms with Crippen LogP contribution in [0.3, 0.4) is 0 Å². The number of rotatable bonds is 9. The van der Waals surface area contributed by atoms with Crippen LogP contribution in [0.2, 0.25) is 0 Å². The molecule has 0 radical (unpaired) electrons. The molecule has 1 aromatic carbocycles. The Hall–Kier alpha value is -0.860. The van der Waals surface area contributed by atoms with Crippen LogP contribution in [-0.4, -0.2) is 42.0 Å². The fraction of sp³-hybridized carbons (Fsp3) is 0.700.